The van der Waals surface area contributed by atoms with Gasteiger partial charge in [-0.05, 0) is 79.7 Å². The molecular weight excluding hydrogens is 801 g/mol. The molecule has 0 amide bonds. The first kappa shape index (κ1) is 61.1. The first-order valence-corrected chi connectivity index (χ1v) is 31.0. The molecule has 0 heterocycles. The second kappa shape index (κ2) is 45.9. The summed E-state index contributed by atoms with van der Waals surface area (Å²) < 4.78 is 37.5. The van der Waals surface area contributed by atoms with E-state index in [0.29, 0.717) is 0 Å². The van der Waals surface area contributed by atoms with E-state index in [2.05, 4.69) is 27.7 Å². The molecule has 1 rings (SSSR count). The van der Waals surface area contributed by atoms with Crippen LogP contribution in [-0.2, 0) is 35.8 Å². The Hall–Kier alpha value is -0.870. The summed E-state index contributed by atoms with van der Waals surface area (Å²) in [7, 11) is -4.32. The van der Waals surface area contributed by atoms with Crippen molar-refractivity contribution in [1.82, 2.24) is 0 Å². The molecule has 0 spiro atoms. The van der Waals surface area contributed by atoms with Gasteiger partial charge in [-0.1, -0.05) is 297 Å². The molecule has 0 aliphatic heterocycles. The normalized spacial score (nSPS) is 12.0. The molecule has 1 aromatic rings. The third kappa shape index (κ3) is 35.3. The standard InChI is InChI=1S/C60H114O3S/c1-5-9-13-17-21-25-29-32-35-39-43-47-51-56-55-60(64(61,62)63)59(54-50-46-42-36-28-24-20-16-12-8-4)58(53-49-45-41-38-34-31-27-23-19-15-11-7-3)57(56)52-48-44-40-37-33-30-26-22-18-14-10-6-2/h55H,5-54H2,1-4H3,(H,61,62,63). The van der Waals surface area contributed by atoms with Gasteiger partial charge in [0, 0.05) is 0 Å². The molecular formula is C60H114O3S. The van der Waals surface area contributed by atoms with Crippen molar-refractivity contribution in [3.8, 4) is 0 Å². The van der Waals surface area contributed by atoms with Crippen LogP contribution in [0, 0.1) is 0 Å². The number of rotatable bonds is 51. The van der Waals surface area contributed by atoms with Gasteiger partial charge in [0.2, 0.25) is 0 Å². The van der Waals surface area contributed by atoms with Crippen LogP contribution in [0.5, 0.6) is 0 Å². The lowest BCUT2D eigenvalue weighted by Gasteiger charge is -2.22. The van der Waals surface area contributed by atoms with Gasteiger partial charge in [-0.3, -0.25) is 4.55 Å². The molecule has 0 aliphatic rings. The van der Waals surface area contributed by atoms with Gasteiger partial charge < -0.3 is 0 Å². The zero-order valence-corrected chi connectivity index (χ0v) is 44.9. The molecule has 3 nitrogen and oxygen atoms in total. The molecule has 378 valence electrons. The Morgan fingerprint density at radius 3 is 0.734 bits per heavy atom. The third-order valence-corrected chi connectivity index (χ3v) is 15.6. The van der Waals surface area contributed by atoms with E-state index >= 15 is 0 Å². The lowest BCUT2D eigenvalue weighted by atomic mass is 9.85. The first-order valence-electron chi connectivity index (χ1n) is 29.5. The maximum atomic E-state index is 13.3. The third-order valence-electron chi connectivity index (χ3n) is 14.6. The van der Waals surface area contributed by atoms with E-state index in [1.165, 1.54) is 286 Å². The number of hydrogen-bond acceptors (Lipinski definition) is 2. The molecule has 0 aliphatic carbocycles. The minimum Gasteiger partial charge on any atom is -0.282 e. The molecule has 0 bridgehead atoms. The topological polar surface area (TPSA) is 54.4 Å². The SMILES string of the molecule is CCCCCCCCCCCCCCc1cc(S(=O)(=O)O)c(CCCCCCCCCCCC)c(CCCCCCCCCCCCCC)c1CCCCCCCCCCCCCC. The van der Waals surface area contributed by atoms with Crippen LogP contribution in [0.1, 0.15) is 345 Å². The molecule has 0 saturated heterocycles. The number of hydrogen-bond donors (Lipinski definition) is 1. The van der Waals surface area contributed by atoms with Crippen LogP contribution in [0.3, 0.4) is 0 Å². The van der Waals surface area contributed by atoms with Crippen LogP contribution in [0.2, 0.25) is 0 Å². The Balaban J connectivity index is 3.09. The summed E-state index contributed by atoms with van der Waals surface area (Å²) in [5.74, 6) is 0. The minimum absolute atomic E-state index is 0.254. The highest BCUT2D eigenvalue weighted by atomic mass is 32.2. The lowest BCUT2D eigenvalue weighted by Crippen LogP contribution is -2.13. The smallest absolute Gasteiger partial charge is 0.282 e. The molecule has 0 atom stereocenters. The van der Waals surface area contributed by atoms with Crippen molar-refractivity contribution < 1.29 is 13.0 Å². The van der Waals surface area contributed by atoms with Crippen molar-refractivity contribution in [3.05, 3.63) is 28.3 Å². The van der Waals surface area contributed by atoms with Crippen LogP contribution >= 0.6 is 0 Å². The van der Waals surface area contributed by atoms with Crippen LogP contribution in [0.25, 0.3) is 0 Å². The molecule has 0 fully saturated rings. The molecule has 1 N–H and O–H groups in total. The van der Waals surface area contributed by atoms with Crippen LogP contribution < -0.4 is 0 Å². The molecule has 0 unspecified atom stereocenters. The minimum atomic E-state index is -4.32. The van der Waals surface area contributed by atoms with E-state index in [1.807, 2.05) is 6.07 Å². The van der Waals surface area contributed by atoms with E-state index in [1.54, 1.807) is 0 Å². The molecule has 0 aromatic heterocycles. The first-order chi connectivity index (χ1) is 31.4. The maximum absolute atomic E-state index is 13.3. The molecule has 0 radical (unpaired) electrons. The summed E-state index contributed by atoms with van der Waals surface area (Å²) >= 11 is 0. The van der Waals surface area contributed by atoms with Crippen molar-refractivity contribution >= 4 is 10.1 Å². The zero-order chi connectivity index (χ0) is 46.4. The van der Waals surface area contributed by atoms with Gasteiger partial charge >= 0.3 is 0 Å². The van der Waals surface area contributed by atoms with E-state index < -0.39 is 10.1 Å². The Bertz CT molecular complexity index is 1240. The molecule has 64 heavy (non-hydrogen) atoms. The Morgan fingerprint density at radius 2 is 0.484 bits per heavy atom. The summed E-state index contributed by atoms with van der Waals surface area (Å²) in [4.78, 5) is 0.254. The Morgan fingerprint density at radius 1 is 0.281 bits per heavy atom. The molecule has 4 heteroatoms. The largest absolute Gasteiger partial charge is 0.294 e. The van der Waals surface area contributed by atoms with Gasteiger partial charge in [0.25, 0.3) is 10.1 Å². The van der Waals surface area contributed by atoms with Gasteiger partial charge in [0.1, 0.15) is 0 Å². The summed E-state index contributed by atoms with van der Waals surface area (Å²) in [6.45, 7) is 9.18. The highest BCUT2D eigenvalue weighted by Gasteiger charge is 2.24. The van der Waals surface area contributed by atoms with E-state index in [-0.39, 0.29) is 4.90 Å². The van der Waals surface area contributed by atoms with E-state index in [0.717, 1.165) is 56.9 Å². The van der Waals surface area contributed by atoms with Crippen molar-refractivity contribution in [2.24, 2.45) is 0 Å². The lowest BCUT2D eigenvalue weighted by molar-refractivity contribution is 0.480. The number of unbranched alkanes of at least 4 members (excludes halogenated alkanes) is 42. The summed E-state index contributed by atoms with van der Waals surface area (Å²) in [6, 6.07) is 1.97. The second-order valence-electron chi connectivity index (χ2n) is 20.8. The van der Waals surface area contributed by atoms with Crippen LogP contribution in [0.4, 0.5) is 0 Å². The average molecular weight is 916 g/mol. The summed E-state index contributed by atoms with van der Waals surface area (Å²) in [5, 5.41) is 0. The van der Waals surface area contributed by atoms with E-state index in [4.69, 9.17) is 0 Å². The average Bonchev–Trinajstić information content (AvgIpc) is 3.28. The summed E-state index contributed by atoms with van der Waals surface area (Å²) in [6.07, 6.45) is 64.6. The van der Waals surface area contributed by atoms with Crippen LogP contribution in [-0.4, -0.2) is 13.0 Å². The number of benzene rings is 1. The Labute approximate surface area is 403 Å². The predicted octanol–water partition coefficient (Wildman–Crippen LogP) is 21.1. The zero-order valence-electron chi connectivity index (χ0n) is 44.1. The molecule has 1 aromatic carbocycles. The maximum Gasteiger partial charge on any atom is 0.294 e. The van der Waals surface area contributed by atoms with E-state index in [9.17, 15) is 13.0 Å². The molecule has 0 saturated carbocycles. The summed E-state index contributed by atoms with van der Waals surface area (Å²) in [5.41, 5.74) is 5.03. The van der Waals surface area contributed by atoms with Gasteiger partial charge in [-0.2, -0.15) is 8.42 Å². The monoisotopic (exact) mass is 915 g/mol. The Kier molecular flexibility index (Phi) is 43.8. The van der Waals surface area contributed by atoms with Gasteiger partial charge in [-0.25, -0.2) is 0 Å². The fraction of sp³-hybridized carbons (Fsp3) is 0.900. The fourth-order valence-corrected chi connectivity index (χ4v) is 11.3. The van der Waals surface area contributed by atoms with Gasteiger partial charge in [0.05, 0.1) is 4.90 Å². The predicted molar refractivity (Wildman–Crippen MR) is 286 cm³/mol. The van der Waals surface area contributed by atoms with Gasteiger partial charge in [0.15, 0.2) is 0 Å². The fourth-order valence-electron chi connectivity index (χ4n) is 10.4. The van der Waals surface area contributed by atoms with Crippen LogP contribution in [0.15, 0.2) is 11.0 Å². The second-order valence-corrected chi connectivity index (χ2v) is 22.2. The van der Waals surface area contributed by atoms with Crippen molar-refractivity contribution in [2.75, 3.05) is 0 Å². The quantitative estimate of drug-likeness (QED) is 0.0523. The highest BCUT2D eigenvalue weighted by molar-refractivity contribution is 7.85. The highest BCUT2D eigenvalue weighted by Crippen LogP contribution is 2.33. The van der Waals surface area contributed by atoms with Crippen molar-refractivity contribution in [1.29, 1.82) is 0 Å². The van der Waals surface area contributed by atoms with Crippen molar-refractivity contribution in [2.45, 2.75) is 354 Å². The number of aryl methyl sites for hydroxylation is 1. The van der Waals surface area contributed by atoms with Gasteiger partial charge in [-0.15, -0.1) is 0 Å². The van der Waals surface area contributed by atoms with Crippen molar-refractivity contribution in [3.63, 3.8) is 0 Å².